The van der Waals surface area contributed by atoms with Gasteiger partial charge in [-0.2, -0.15) is 0 Å². The molecule has 3 N–H and O–H groups in total. The highest BCUT2D eigenvalue weighted by molar-refractivity contribution is 14.0. The van der Waals surface area contributed by atoms with Crippen LogP contribution in [-0.4, -0.2) is 19.0 Å². The molecule has 1 rings (SSSR count). The van der Waals surface area contributed by atoms with Crippen LogP contribution < -0.4 is 11.1 Å². The van der Waals surface area contributed by atoms with E-state index in [1.165, 1.54) is 4.88 Å². The molecule has 3 nitrogen and oxygen atoms in total. The zero-order valence-electron chi connectivity index (χ0n) is 9.20. The summed E-state index contributed by atoms with van der Waals surface area (Å²) in [5, 5.41) is 3.07. The van der Waals surface area contributed by atoms with Crippen LogP contribution in [0.2, 0.25) is 4.34 Å². The van der Waals surface area contributed by atoms with Crippen LogP contribution in [0.15, 0.2) is 17.1 Å². The molecule has 0 fully saturated rings. The Hall–Kier alpha value is -0.0100. The number of nitrogens with zero attached hydrogens (tertiary/aromatic N) is 1. The lowest BCUT2D eigenvalue weighted by Crippen LogP contribution is -2.33. The van der Waals surface area contributed by atoms with E-state index in [4.69, 9.17) is 17.3 Å². The smallest absolute Gasteiger partial charge is 0.188 e. The van der Waals surface area contributed by atoms with Crippen molar-refractivity contribution in [1.82, 2.24) is 5.32 Å². The molecule has 0 aliphatic carbocycles. The number of rotatable bonds is 5. The Kier molecular flexibility index (Phi) is 9.06. The van der Waals surface area contributed by atoms with Gasteiger partial charge in [0.1, 0.15) is 0 Å². The molecule has 92 valence electrons. The van der Waals surface area contributed by atoms with Crippen molar-refractivity contribution in [3.05, 3.63) is 21.3 Å². The van der Waals surface area contributed by atoms with Gasteiger partial charge in [0.15, 0.2) is 5.96 Å². The van der Waals surface area contributed by atoms with E-state index in [1.807, 2.05) is 12.1 Å². The van der Waals surface area contributed by atoms with Gasteiger partial charge < -0.3 is 11.1 Å². The van der Waals surface area contributed by atoms with E-state index >= 15 is 0 Å². The maximum absolute atomic E-state index is 5.82. The summed E-state index contributed by atoms with van der Waals surface area (Å²) in [5.41, 5.74) is 5.65. The topological polar surface area (TPSA) is 50.4 Å². The average Bonchev–Trinajstić information content (AvgIpc) is 2.61. The highest BCUT2D eigenvalue weighted by Gasteiger charge is 1.97. The number of hydrogen-bond donors (Lipinski definition) is 2. The molecule has 0 aliphatic rings. The molecule has 0 amide bonds. The Labute approximate surface area is 122 Å². The molecule has 0 saturated heterocycles. The minimum absolute atomic E-state index is 0. The van der Waals surface area contributed by atoms with Crippen LogP contribution >= 0.6 is 46.9 Å². The van der Waals surface area contributed by atoms with Crippen molar-refractivity contribution in [3.63, 3.8) is 0 Å². The molecule has 0 aliphatic heterocycles. The molecule has 16 heavy (non-hydrogen) atoms. The number of hydrogen-bond acceptors (Lipinski definition) is 2. The van der Waals surface area contributed by atoms with Crippen molar-refractivity contribution in [3.8, 4) is 0 Å². The number of guanidine groups is 1. The zero-order chi connectivity index (χ0) is 11.1. The number of nitrogens with one attached hydrogen (secondary N) is 1. The standard InChI is InChI=1S/C10H16ClN3S.HI/c1-2-6-13-10(12)14-7-5-8-3-4-9(11)15-8;/h3-4H,2,5-7H2,1H3,(H3,12,13,14);1H. The van der Waals surface area contributed by atoms with Crippen molar-refractivity contribution in [2.75, 3.05) is 13.1 Å². The van der Waals surface area contributed by atoms with Crippen LogP contribution in [0.4, 0.5) is 0 Å². The Morgan fingerprint density at radius 3 is 2.88 bits per heavy atom. The van der Waals surface area contributed by atoms with Gasteiger partial charge in [-0.05, 0) is 25.0 Å². The van der Waals surface area contributed by atoms with Gasteiger partial charge in [0.2, 0.25) is 0 Å². The minimum atomic E-state index is 0. The third-order valence-electron chi connectivity index (χ3n) is 1.81. The lowest BCUT2D eigenvalue weighted by Gasteiger charge is -2.03. The maximum Gasteiger partial charge on any atom is 0.188 e. The fourth-order valence-corrected chi connectivity index (χ4v) is 2.18. The monoisotopic (exact) mass is 373 g/mol. The van der Waals surface area contributed by atoms with E-state index in [0.29, 0.717) is 5.96 Å². The number of halogens is 2. The molecule has 6 heteroatoms. The first-order valence-electron chi connectivity index (χ1n) is 5.00. The molecular weight excluding hydrogens is 357 g/mol. The molecule has 0 spiro atoms. The van der Waals surface area contributed by atoms with Gasteiger partial charge in [-0.1, -0.05) is 18.5 Å². The Bertz CT molecular complexity index is 328. The van der Waals surface area contributed by atoms with Crippen LogP contribution in [0.1, 0.15) is 18.2 Å². The fraction of sp³-hybridized carbons (Fsp3) is 0.500. The van der Waals surface area contributed by atoms with Crippen LogP contribution in [0.5, 0.6) is 0 Å². The Balaban J connectivity index is 0.00000225. The van der Waals surface area contributed by atoms with Gasteiger partial charge in [-0.15, -0.1) is 35.3 Å². The molecule has 0 bridgehead atoms. The summed E-state index contributed by atoms with van der Waals surface area (Å²) in [6, 6.07) is 3.95. The summed E-state index contributed by atoms with van der Waals surface area (Å²) >= 11 is 7.42. The number of thiophene rings is 1. The highest BCUT2D eigenvalue weighted by Crippen LogP contribution is 2.21. The Morgan fingerprint density at radius 1 is 1.56 bits per heavy atom. The van der Waals surface area contributed by atoms with Crippen molar-refractivity contribution >= 4 is 52.9 Å². The third-order valence-corrected chi connectivity index (χ3v) is 3.10. The van der Waals surface area contributed by atoms with Crippen molar-refractivity contribution < 1.29 is 0 Å². The fourth-order valence-electron chi connectivity index (χ4n) is 1.09. The summed E-state index contributed by atoms with van der Waals surface area (Å²) in [7, 11) is 0. The summed E-state index contributed by atoms with van der Waals surface area (Å²) in [4.78, 5) is 5.40. The average molecular weight is 374 g/mol. The SMILES string of the molecule is CCCN=C(N)NCCc1ccc(Cl)s1.I. The molecule has 1 heterocycles. The summed E-state index contributed by atoms with van der Waals surface area (Å²) in [5.74, 6) is 0.527. The van der Waals surface area contributed by atoms with Crippen molar-refractivity contribution in [1.29, 1.82) is 0 Å². The summed E-state index contributed by atoms with van der Waals surface area (Å²) < 4.78 is 0.831. The minimum Gasteiger partial charge on any atom is -0.370 e. The molecule has 1 aromatic rings. The van der Waals surface area contributed by atoms with E-state index in [2.05, 4.69) is 17.2 Å². The number of nitrogens with two attached hydrogens (primary N) is 1. The molecule has 0 unspecified atom stereocenters. The first-order chi connectivity index (χ1) is 7.22. The molecule has 0 aromatic carbocycles. The van der Waals surface area contributed by atoms with E-state index in [-0.39, 0.29) is 24.0 Å². The molecule has 0 saturated carbocycles. The first kappa shape index (κ1) is 16.0. The zero-order valence-corrected chi connectivity index (χ0v) is 13.1. The second-order valence-electron chi connectivity index (χ2n) is 3.15. The van der Waals surface area contributed by atoms with Crippen LogP contribution in [0.25, 0.3) is 0 Å². The van der Waals surface area contributed by atoms with Crippen LogP contribution in [-0.2, 0) is 6.42 Å². The molecular formula is C10H17ClIN3S. The predicted molar refractivity (Wildman–Crippen MR) is 83.2 cm³/mol. The number of aliphatic imine (C=N–C) groups is 1. The normalized spacial score (nSPS) is 11.0. The van der Waals surface area contributed by atoms with Crippen LogP contribution in [0.3, 0.4) is 0 Å². The third kappa shape index (κ3) is 6.55. The van der Waals surface area contributed by atoms with Gasteiger partial charge in [-0.25, -0.2) is 0 Å². The van der Waals surface area contributed by atoms with E-state index in [1.54, 1.807) is 11.3 Å². The predicted octanol–water partition coefficient (Wildman–Crippen LogP) is 2.88. The molecule has 0 atom stereocenters. The molecule has 1 aromatic heterocycles. The molecule has 0 radical (unpaired) electrons. The van der Waals surface area contributed by atoms with Crippen molar-refractivity contribution in [2.24, 2.45) is 10.7 Å². The lowest BCUT2D eigenvalue weighted by atomic mass is 10.3. The largest absolute Gasteiger partial charge is 0.370 e. The second-order valence-corrected chi connectivity index (χ2v) is 4.95. The van der Waals surface area contributed by atoms with E-state index in [9.17, 15) is 0 Å². The van der Waals surface area contributed by atoms with Crippen molar-refractivity contribution in [2.45, 2.75) is 19.8 Å². The Morgan fingerprint density at radius 2 is 2.31 bits per heavy atom. The quantitative estimate of drug-likeness (QED) is 0.474. The highest BCUT2D eigenvalue weighted by atomic mass is 127. The van der Waals surface area contributed by atoms with E-state index in [0.717, 1.165) is 30.3 Å². The van der Waals surface area contributed by atoms with Crippen LogP contribution in [0, 0.1) is 0 Å². The van der Waals surface area contributed by atoms with Gasteiger partial charge >= 0.3 is 0 Å². The first-order valence-corrected chi connectivity index (χ1v) is 6.20. The van der Waals surface area contributed by atoms with Gasteiger partial charge in [0.05, 0.1) is 4.34 Å². The lowest BCUT2D eigenvalue weighted by molar-refractivity contribution is 0.846. The maximum atomic E-state index is 5.82. The van der Waals surface area contributed by atoms with E-state index < -0.39 is 0 Å². The van der Waals surface area contributed by atoms with Gasteiger partial charge in [0.25, 0.3) is 0 Å². The summed E-state index contributed by atoms with van der Waals surface area (Å²) in [6.07, 6.45) is 1.95. The van der Waals surface area contributed by atoms with Gasteiger partial charge in [0, 0.05) is 18.0 Å². The van der Waals surface area contributed by atoms with Gasteiger partial charge in [-0.3, -0.25) is 4.99 Å². The summed E-state index contributed by atoms with van der Waals surface area (Å²) in [6.45, 7) is 3.66. The second kappa shape index (κ2) is 9.07.